The molecule has 0 radical (unpaired) electrons. The smallest absolute Gasteiger partial charge is 0.331 e. The van der Waals surface area contributed by atoms with Crippen LogP contribution in [0, 0.1) is 10.1 Å². The molecule has 0 atom stereocenters. The molecule has 1 fully saturated rings. The van der Waals surface area contributed by atoms with Crippen LogP contribution in [-0.4, -0.2) is 34.4 Å². The monoisotopic (exact) mass is 307 g/mol. The first-order chi connectivity index (χ1) is 10.5. The van der Waals surface area contributed by atoms with E-state index in [0.29, 0.717) is 12.8 Å². The fourth-order valence-electron chi connectivity index (χ4n) is 2.64. The molecule has 1 aliphatic carbocycles. The second-order valence-electron chi connectivity index (χ2n) is 5.25. The first kappa shape index (κ1) is 15.9. The average Bonchev–Trinajstić information content (AvgIpc) is 2.54. The quantitative estimate of drug-likeness (QED) is 0.513. The summed E-state index contributed by atoms with van der Waals surface area (Å²) in [4.78, 5) is 38.1. The molecule has 0 spiro atoms. The zero-order valence-corrected chi connectivity index (χ0v) is 12.2. The van der Waals surface area contributed by atoms with Crippen LogP contribution in [0.2, 0.25) is 0 Å². The molecule has 1 amide bonds. The molecule has 1 aromatic rings. The Kier molecular flexibility index (Phi) is 4.69. The number of nitrogens with one attached hydrogen (secondary N) is 1. The first-order valence-electron chi connectivity index (χ1n) is 7.00. The normalized spacial score (nSPS) is 16.6. The Morgan fingerprint density at radius 1 is 1.32 bits per heavy atom. The highest BCUT2D eigenvalue weighted by molar-refractivity contribution is 5.96. The highest BCUT2D eigenvalue weighted by Crippen LogP contribution is 2.29. The molecule has 2 rings (SSSR count). The maximum atomic E-state index is 12.3. The molecule has 8 heteroatoms. The Balaban J connectivity index is 2.17. The lowest BCUT2D eigenvalue weighted by Gasteiger charge is -2.35. The third-order valence-electron chi connectivity index (χ3n) is 3.83. The molecular weight excluding hydrogens is 290 g/mol. The van der Waals surface area contributed by atoms with Crippen molar-refractivity contribution >= 4 is 17.6 Å². The number of nitrogens with zero attached hydrogens (tertiary/aromatic N) is 2. The van der Waals surface area contributed by atoms with Crippen LogP contribution >= 0.6 is 0 Å². The number of hydrogen-bond donors (Lipinski definition) is 1. The van der Waals surface area contributed by atoms with E-state index in [1.54, 1.807) is 0 Å². The van der Waals surface area contributed by atoms with Gasteiger partial charge in [0.25, 0.3) is 11.6 Å². The molecule has 1 aliphatic rings. The predicted octanol–water partition coefficient (Wildman–Crippen LogP) is 1.60. The van der Waals surface area contributed by atoms with Crippen LogP contribution in [0.5, 0.6) is 0 Å². The zero-order valence-electron chi connectivity index (χ0n) is 12.2. The minimum absolute atomic E-state index is 0.0273. The number of pyridine rings is 1. The van der Waals surface area contributed by atoms with Crippen molar-refractivity contribution in [1.82, 2.24) is 10.3 Å². The second-order valence-corrected chi connectivity index (χ2v) is 5.25. The molecule has 1 heterocycles. The van der Waals surface area contributed by atoms with Crippen LogP contribution in [-0.2, 0) is 9.53 Å². The summed E-state index contributed by atoms with van der Waals surface area (Å²) in [7, 11) is 1.29. The van der Waals surface area contributed by atoms with Crippen molar-refractivity contribution in [3.05, 3.63) is 34.1 Å². The largest absolute Gasteiger partial charge is 0.467 e. The summed E-state index contributed by atoms with van der Waals surface area (Å²) >= 11 is 0. The van der Waals surface area contributed by atoms with Gasteiger partial charge in [-0.25, -0.2) is 9.78 Å². The molecule has 22 heavy (non-hydrogen) atoms. The average molecular weight is 307 g/mol. The number of nitro groups is 1. The van der Waals surface area contributed by atoms with E-state index in [2.05, 4.69) is 10.3 Å². The van der Waals surface area contributed by atoms with E-state index in [4.69, 9.17) is 4.74 Å². The Morgan fingerprint density at radius 2 is 2.00 bits per heavy atom. The van der Waals surface area contributed by atoms with E-state index in [0.717, 1.165) is 25.5 Å². The summed E-state index contributed by atoms with van der Waals surface area (Å²) in [6.45, 7) is 0. The summed E-state index contributed by atoms with van der Waals surface area (Å²) in [5.74, 6) is -1.01. The van der Waals surface area contributed by atoms with Crippen molar-refractivity contribution in [3.63, 3.8) is 0 Å². The summed E-state index contributed by atoms with van der Waals surface area (Å²) in [5, 5.41) is 13.3. The Bertz CT molecular complexity index is 579. The van der Waals surface area contributed by atoms with Gasteiger partial charge in [0.2, 0.25) is 0 Å². The van der Waals surface area contributed by atoms with E-state index in [-0.39, 0.29) is 11.4 Å². The van der Waals surface area contributed by atoms with Gasteiger partial charge in [-0.05, 0) is 18.9 Å². The van der Waals surface area contributed by atoms with Gasteiger partial charge in [-0.15, -0.1) is 0 Å². The van der Waals surface area contributed by atoms with Crippen molar-refractivity contribution in [3.8, 4) is 0 Å². The number of esters is 1. The standard InChI is InChI=1S/C14H17N3O5/c1-22-13(19)14(7-3-2-4-8-14)16-12(18)11-6-5-10(9-15-11)17(20)21/h5-6,9H,2-4,7-8H2,1H3,(H,16,18). The van der Waals surface area contributed by atoms with Crippen molar-refractivity contribution in [1.29, 1.82) is 0 Å². The van der Waals surface area contributed by atoms with E-state index in [1.165, 1.54) is 19.2 Å². The number of amides is 1. The number of carbonyl (C=O) groups is 2. The summed E-state index contributed by atoms with van der Waals surface area (Å²) in [5.41, 5.74) is -1.20. The van der Waals surface area contributed by atoms with E-state index in [1.807, 2.05) is 0 Å². The highest BCUT2D eigenvalue weighted by atomic mass is 16.6. The van der Waals surface area contributed by atoms with Gasteiger partial charge in [0.05, 0.1) is 12.0 Å². The molecule has 118 valence electrons. The summed E-state index contributed by atoms with van der Waals surface area (Å²) in [6.07, 6.45) is 4.69. The number of aromatic nitrogens is 1. The van der Waals surface area contributed by atoms with Crippen molar-refractivity contribution < 1.29 is 19.2 Å². The lowest BCUT2D eigenvalue weighted by molar-refractivity contribution is -0.385. The highest BCUT2D eigenvalue weighted by Gasteiger charge is 2.42. The molecular formula is C14H17N3O5. The predicted molar refractivity (Wildman–Crippen MR) is 76.2 cm³/mol. The second kappa shape index (κ2) is 6.50. The minimum atomic E-state index is -1.03. The Morgan fingerprint density at radius 3 is 2.50 bits per heavy atom. The number of ether oxygens (including phenoxy) is 1. The van der Waals surface area contributed by atoms with Crippen molar-refractivity contribution in [2.45, 2.75) is 37.6 Å². The number of hydrogen-bond acceptors (Lipinski definition) is 6. The fraction of sp³-hybridized carbons (Fsp3) is 0.500. The van der Waals surface area contributed by atoms with Gasteiger partial charge in [-0.2, -0.15) is 0 Å². The van der Waals surface area contributed by atoms with Crippen LogP contribution < -0.4 is 5.32 Å². The van der Waals surface area contributed by atoms with Gasteiger partial charge >= 0.3 is 5.97 Å². The molecule has 0 bridgehead atoms. The van der Waals surface area contributed by atoms with Crippen LogP contribution in [0.4, 0.5) is 5.69 Å². The van der Waals surface area contributed by atoms with Gasteiger partial charge in [-0.3, -0.25) is 14.9 Å². The van der Waals surface area contributed by atoms with E-state index < -0.39 is 22.3 Å². The van der Waals surface area contributed by atoms with E-state index in [9.17, 15) is 19.7 Å². The Hall–Kier alpha value is -2.51. The molecule has 0 aromatic carbocycles. The molecule has 0 saturated heterocycles. The minimum Gasteiger partial charge on any atom is -0.467 e. The van der Waals surface area contributed by atoms with Gasteiger partial charge in [0.15, 0.2) is 0 Å². The number of methoxy groups -OCH3 is 1. The molecule has 1 saturated carbocycles. The molecule has 1 N–H and O–H groups in total. The van der Waals surface area contributed by atoms with Gasteiger partial charge in [-0.1, -0.05) is 19.3 Å². The van der Waals surface area contributed by atoms with Crippen LogP contribution in [0.3, 0.4) is 0 Å². The number of rotatable bonds is 4. The maximum absolute atomic E-state index is 12.3. The van der Waals surface area contributed by atoms with Crippen LogP contribution in [0.1, 0.15) is 42.6 Å². The first-order valence-corrected chi connectivity index (χ1v) is 7.00. The van der Waals surface area contributed by atoms with Crippen LogP contribution in [0.25, 0.3) is 0 Å². The molecule has 8 nitrogen and oxygen atoms in total. The topological polar surface area (TPSA) is 111 Å². The van der Waals surface area contributed by atoms with Gasteiger partial charge in [0.1, 0.15) is 17.4 Å². The SMILES string of the molecule is COC(=O)C1(NC(=O)c2ccc([N+](=O)[O-])cn2)CCCCC1. The number of carbonyl (C=O) groups excluding carboxylic acids is 2. The van der Waals surface area contributed by atoms with Crippen molar-refractivity contribution in [2.75, 3.05) is 7.11 Å². The Labute approximate surface area is 127 Å². The van der Waals surface area contributed by atoms with Gasteiger partial charge < -0.3 is 10.1 Å². The zero-order chi connectivity index (χ0) is 16.2. The maximum Gasteiger partial charge on any atom is 0.331 e. The molecule has 0 unspecified atom stereocenters. The third-order valence-corrected chi connectivity index (χ3v) is 3.83. The van der Waals surface area contributed by atoms with Gasteiger partial charge in [0, 0.05) is 6.07 Å². The van der Waals surface area contributed by atoms with Crippen LogP contribution in [0.15, 0.2) is 18.3 Å². The summed E-state index contributed by atoms with van der Waals surface area (Å²) in [6, 6.07) is 2.47. The lowest BCUT2D eigenvalue weighted by atomic mass is 9.81. The fourth-order valence-corrected chi connectivity index (χ4v) is 2.64. The summed E-state index contributed by atoms with van der Waals surface area (Å²) < 4.78 is 4.82. The van der Waals surface area contributed by atoms with Crippen molar-refractivity contribution in [2.24, 2.45) is 0 Å². The molecule has 0 aliphatic heterocycles. The molecule has 1 aromatic heterocycles. The lowest BCUT2D eigenvalue weighted by Crippen LogP contribution is -2.56. The van der Waals surface area contributed by atoms with E-state index >= 15 is 0 Å². The third kappa shape index (κ3) is 3.21.